The monoisotopic (exact) mass is 441 g/mol. The highest BCUT2D eigenvalue weighted by molar-refractivity contribution is 6.08. The molecule has 2 aromatic heterocycles. The van der Waals surface area contributed by atoms with E-state index in [9.17, 15) is 14.4 Å². The second-order valence-corrected chi connectivity index (χ2v) is 7.96. The Hall–Kier alpha value is -4.45. The number of benzene rings is 1. The molecule has 0 aliphatic carbocycles. The van der Waals surface area contributed by atoms with Gasteiger partial charge in [0.25, 0.3) is 5.91 Å². The number of aromatic nitrogens is 3. The molecule has 1 fully saturated rings. The number of hydrogen-bond donors (Lipinski definition) is 2. The van der Waals surface area contributed by atoms with Crippen LogP contribution in [-0.4, -0.2) is 51.5 Å². The van der Waals surface area contributed by atoms with Gasteiger partial charge in [-0.05, 0) is 29.8 Å². The lowest BCUT2D eigenvalue weighted by Crippen LogP contribution is -2.42. The minimum atomic E-state index is -1.36. The van der Waals surface area contributed by atoms with Crippen molar-refractivity contribution in [2.24, 2.45) is 5.41 Å². The molecule has 4 heterocycles. The summed E-state index contributed by atoms with van der Waals surface area (Å²) in [5.74, 6) is 5.49. The second-order valence-electron chi connectivity index (χ2n) is 7.96. The minimum absolute atomic E-state index is 0.00525. The zero-order chi connectivity index (χ0) is 23.0. The molecule has 33 heavy (non-hydrogen) atoms. The van der Waals surface area contributed by atoms with Crippen molar-refractivity contribution >= 4 is 17.7 Å². The Morgan fingerprint density at radius 1 is 1.24 bits per heavy atom. The van der Waals surface area contributed by atoms with Crippen molar-refractivity contribution in [1.82, 2.24) is 25.4 Å². The maximum Gasteiger partial charge on any atom is 0.254 e. The first-order valence-corrected chi connectivity index (χ1v) is 10.3. The molecule has 1 aromatic carbocycles. The Bertz CT molecular complexity index is 1340. The van der Waals surface area contributed by atoms with Gasteiger partial charge in [-0.25, -0.2) is 0 Å². The molecule has 2 N–H and O–H groups in total. The average Bonchev–Trinajstić information content (AvgIpc) is 3.52. The largest absolute Gasteiger partial charge is 0.497 e. The molecule has 164 valence electrons. The van der Waals surface area contributed by atoms with Crippen molar-refractivity contribution in [2.75, 3.05) is 13.7 Å². The summed E-state index contributed by atoms with van der Waals surface area (Å²) in [4.78, 5) is 44.0. The SMILES string of the molecule is COc1ccc2c(c1)C(=O)N(C[C@@]1(C#Cc3cccnc3-c3cn[nH]c3)CC(=O)NC1=O)C2. The Morgan fingerprint density at radius 2 is 2.12 bits per heavy atom. The first-order chi connectivity index (χ1) is 16.0. The number of H-pyrrole nitrogens is 1. The van der Waals surface area contributed by atoms with E-state index in [-0.39, 0.29) is 18.9 Å². The van der Waals surface area contributed by atoms with Gasteiger partial charge in [0, 0.05) is 36.6 Å². The van der Waals surface area contributed by atoms with E-state index in [2.05, 4.69) is 32.3 Å². The summed E-state index contributed by atoms with van der Waals surface area (Å²) in [7, 11) is 1.54. The molecule has 1 atom stereocenters. The molecular formula is C24H19N5O4. The van der Waals surface area contributed by atoms with Gasteiger partial charge in [0.05, 0.1) is 31.0 Å². The van der Waals surface area contributed by atoms with Crippen LogP contribution in [0.2, 0.25) is 0 Å². The van der Waals surface area contributed by atoms with E-state index in [1.165, 1.54) is 7.11 Å². The maximum absolute atomic E-state index is 13.1. The van der Waals surface area contributed by atoms with E-state index in [0.29, 0.717) is 29.1 Å². The van der Waals surface area contributed by atoms with Gasteiger partial charge in [0.15, 0.2) is 0 Å². The van der Waals surface area contributed by atoms with Gasteiger partial charge in [0.2, 0.25) is 11.8 Å². The quantitative estimate of drug-likeness (QED) is 0.468. The van der Waals surface area contributed by atoms with Gasteiger partial charge in [-0.15, -0.1) is 0 Å². The second kappa shape index (κ2) is 7.91. The van der Waals surface area contributed by atoms with Gasteiger partial charge in [-0.2, -0.15) is 5.10 Å². The highest BCUT2D eigenvalue weighted by Gasteiger charge is 2.48. The van der Waals surface area contributed by atoms with E-state index in [1.807, 2.05) is 6.07 Å². The lowest BCUT2D eigenvalue weighted by molar-refractivity contribution is -0.127. The third-order valence-corrected chi connectivity index (χ3v) is 5.82. The number of rotatable bonds is 4. The molecule has 3 amide bonds. The molecule has 1 saturated heterocycles. The molecular weight excluding hydrogens is 422 g/mol. The third-order valence-electron chi connectivity index (χ3n) is 5.82. The number of methoxy groups -OCH3 is 1. The topological polar surface area (TPSA) is 117 Å². The van der Waals surface area contributed by atoms with Crippen LogP contribution in [0.1, 0.15) is 27.9 Å². The normalized spacial score (nSPS) is 19.2. The number of ether oxygens (including phenoxy) is 1. The van der Waals surface area contributed by atoms with Crippen LogP contribution in [0.15, 0.2) is 48.9 Å². The molecule has 0 radical (unpaired) electrons. The zero-order valence-corrected chi connectivity index (χ0v) is 17.7. The van der Waals surface area contributed by atoms with E-state index >= 15 is 0 Å². The average molecular weight is 441 g/mol. The van der Waals surface area contributed by atoms with Crippen LogP contribution >= 0.6 is 0 Å². The number of imide groups is 1. The van der Waals surface area contributed by atoms with Crippen LogP contribution in [0.5, 0.6) is 5.75 Å². The minimum Gasteiger partial charge on any atom is -0.497 e. The van der Waals surface area contributed by atoms with Crippen molar-refractivity contribution in [2.45, 2.75) is 13.0 Å². The Balaban J connectivity index is 1.49. The van der Waals surface area contributed by atoms with E-state index in [4.69, 9.17) is 4.74 Å². The fraction of sp³-hybridized carbons (Fsp3) is 0.208. The summed E-state index contributed by atoms with van der Waals surface area (Å²) in [5.41, 5.74) is 1.95. The smallest absolute Gasteiger partial charge is 0.254 e. The molecule has 9 nitrogen and oxygen atoms in total. The fourth-order valence-corrected chi connectivity index (χ4v) is 4.14. The standard InChI is InChI=1S/C24H19N5O4/c1-33-18-5-4-16-13-29(22(31)19(16)9-18)14-24(10-20(30)28-23(24)32)7-6-15-3-2-8-25-21(15)17-11-26-27-12-17/h2-5,8-9,11-12H,10,13-14H2,1H3,(H,26,27)(H,28,30,32)/t24-/m1/s1. The van der Waals surface area contributed by atoms with Crippen LogP contribution in [0.4, 0.5) is 0 Å². The van der Waals surface area contributed by atoms with Crippen LogP contribution in [0.25, 0.3) is 11.3 Å². The summed E-state index contributed by atoms with van der Waals surface area (Å²) in [6.07, 6.45) is 4.85. The lowest BCUT2D eigenvalue weighted by Gasteiger charge is -2.25. The summed E-state index contributed by atoms with van der Waals surface area (Å²) in [5, 5.41) is 9.03. The Labute approximate surface area is 189 Å². The molecule has 0 unspecified atom stereocenters. The van der Waals surface area contributed by atoms with Crippen molar-refractivity contribution in [3.8, 4) is 28.8 Å². The van der Waals surface area contributed by atoms with Crippen molar-refractivity contribution < 1.29 is 19.1 Å². The maximum atomic E-state index is 13.1. The van der Waals surface area contributed by atoms with Crippen LogP contribution in [0, 0.1) is 17.3 Å². The lowest BCUT2D eigenvalue weighted by atomic mass is 9.85. The Kier molecular flexibility index (Phi) is 4.90. The highest BCUT2D eigenvalue weighted by Crippen LogP contribution is 2.34. The number of hydrogen-bond acceptors (Lipinski definition) is 6. The third kappa shape index (κ3) is 3.61. The number of nitrogens with one attached hydrogen (secondary N) is 2. The summed E-state index contributed by atoms with van der Waals surface area (Å²) in [6.45, 7) is 0.324. The summed E-state index contributed by atoms with van der Waals surface area (Å²) in [6, 6.07) is 8.83. The molecule has 9 heteroatoms. The highest BCUT2D eigenvalue weighted by atomic mass is 16.5. The predicted molar refractivity (Wildman–Crippen MR) is 117 cm³/mol. The van der Waals surface area contributed by atoms with E-state index in [1.54, 1.807) is 47.8 Å². The molecule has 2 aliphatic rings. The number of nitrogens with zero attached hydrogens (tertiary/aromatic N) is 3. The van der Waals surface area contributed by atoms with E-state index in [0.717, 1.165) is 11.1 Å². The number of aromatic amines is 1. The van der Waals surface area contributed by atoms with Gasteiger partial charge in [-0.3, -0.25) is 29.8 Å². The van der Waals surface area contributed by atoms with Crippen LogP contribution in [0.3, 0.4) is 0 Å². The molecule has 0 bridgehead atoms. The number of carbonyl (C=O) groups is 3. The van der Waals surface area contributed by atoms with Gasteiger partial charge >= 0.3 is 0 Å². The molecule has 2 aliphatic heterocycles. The van der Waals surface area contributed by atoms with Crippen molar-refractivity contribution in [1.29, 1.82) is 0 Å². The summed E-state index contributed by atoms with van der Waals surface area (Å²) >= 11 is 0. The molecule has 0 spiro atoms. The van der Waals surface area contributed by atoms with Crippen LogP contribution in [-0.2, 0) is 16.1 Å². The number of amides is 3. The summed E-state index contributed by atoms with van der Waals surface area (Å²) < 4.78 is 5.22. The first-order valence-electron chi connectivity index (χ1n) is 10.3. The van der Waals surface area contributed by atoms with Crippen molar-refractivity contribution in [3.05, 3.63) is 65.6 Å². The first kappa shape index (κ1) is 20.5. The number of carbonyl (C=O) groups excluding carboxylic acids is 3. The predicted octanol–water partition coefficient (Wildman–Crippen LogP) is 1.52. The number of fused-ring (bicyclic) bond motifs is 1. The Morgan fingerprint density at radius 3 is 2.85 bits per heavy atom. The molecule has 0 saturated carbocycles. The zero-order valence-electron chi connectivity index (χ0n) is 17.7. The fourth-order valence-electron chi connectivity index (χ4n) is 4.14. The molecule has 3 aromatic rings. The van der Waals surface area contributed by atoms with Crippen LogP contribution < -0.4 is 10.1 Å². The molecule has 5 rings (SSSR count). The van der Waals surface area contributed by atoms with Crippen molar-refractivity contribution in [3.63, 3.8) is 0 Å². The van der Waals surface area contributed by atoms with Gasteiger partial charge < -0.3 is 9.64 Å². The van der Waals surface area contributed by atoms with Gasteiger partial charge in [0.1, 0.15) is 11.2 Å². The van der Waals surface area contributed by atoms with Gasteiger partial charge in [-0.1, -0.05) is 17.9 Å². The van der Waals surface area contributed by atoms with E-state index < -0.39 is 17.2 Å². The number of pyridine rings is 1.